The fraction of sp³-hybridized carbons (Fsp3) is 0.625. The molecule has 0 bridgehead atoms. The maximum Gasteiger partial charge on any atom is 0.306 e. The third kappa shape index (κ3) is 3.86. The number of amides is 1. The summed E-state index contributed by atoms with van der Waals surface area (Å²) in [6.07, 6.45) is 0.452. The normalized spacial score (nSPS) is 26.5. The molecule has 0 saturated carbocycles. The van der Waals surface area contributed by atoms with Crippen LogP contribution in [0.4, 0.5) is 0 Å². The number of aliphatic carboxylic acids is 1. The first kappa shape index (κ1) is 21.4. The van der Waals surface area contributed by atoms with Crippen LogP contribution in [0.15, 0.2) is 11.8 Å². The Kier molecular flexibility index (Phi) is 5.46. The molecule has 0 aliphatic carbocycles. The summed E-state index contributed by atoms with van der Waals surface area (Å²) in [5, 5.41) is 7.01. The van der Waals surface area contributed by atoms with E-state index < -0.39 is 67.9 Å². The number of nitrogens with zero attached hydrogens (tertiary/aromatic N) is 1. The molecule has 1 N–H and O–H groups in total. The number of carbonyl (C=O) groups excluding carboxylic acids is 3. The van der Waals surface area contributed by atoms with E-state index in [2.05, 4.69) is 0 Å². The van der Waals surface area contributed by atoms with E-state index in [0.717, 1.165) is 4.90 Å². The standard InChI is InChI=1S/C16H20ClNO8S/c1-15(2,3)12(22)16(17)13(23)18-6-9(8-27(24,25)14(16)18)7-26-11(21)5-4-10(19)20/h6,14H,4-5,7-8H2,1-3H3,(H,19,20)/t14-,16-/m0/s1. The maximum atomic E-state index is 12.6. The first-order valence-corrected chi connectivity index (χ1v) is 10.2. The van der Waals surface area contributed by atoms with E-state index in [-0.39, 0.29) is 12.0 Å². The fourth-order valence-electron chi connectivity index (χ4n) is 2.93. The van der Waals surface area contributed by atoms with Crippen molar-refractivity contribution in [2.45, 2.75) is 43.9 Å². The molecule has 0 aromatic heterocycles. The van der Waals surface area contributed by atoms with Crippen molar-refractivity contribution >= 4 is 45.1 Å². The maximum absolute atomic E-state index is 12.6. The quantitative estimate of drug-likeness (QED) is 0.283. The van der Waals surface area contributed by atoms with Crippen molar-refractivity contribution < 1.29 is 37.4 Å². The highest BCUT2D eigenvalue weighted by Gasteiger charge is 2.71. The molecular weight excluding hydrogens is 402 g/mol. The largest absolute Gasteiger partial charge is 0.481 e. The van der Waals surface area contributed by atoms with Gasteiger partial charge in [0.1, 0.15) is 6.61 Å². The summed E-state index contributed by atoms with van der Waals surface area (Å²) in [6.45, 7) is 4.23. The predicted octanol–water partition coefficient (Wildman–Crippen LogP) is 0.468. The van der Waals surface area contributed by atoms with Gasteiger partial charge in [0.2, 0.25) is 4.87 Å². The highest BCUT2D eigenvalue weighted by molar-refractivity contribution is 7.92. The summed E-state index contributed by atoms with van der Waals surface area (Å²) >= 11 is 6.21. The Hall–Kier alpha value is -1.94. The topological polar surface area (TPSA) is 135 Å². The molecule has 27 heavy (non-hydrogen) atoms. The summed E-state index contributed by atoms with van der Waals surface area (Å²) in [5.74, 6) is -4.01. The van der Waals surface area contributed by atoms with Crippen LogP contribution in [0.2, 0.25) is 0 Å². The van der Waals surface area contributed by atoms with Crippen molar-refractivity contribution in [1.82, 2.24) is 4.90 Å². The zero-order chi connectivity index (χ0) is 20.8. The second-order valence-electron chi connectivity index (χ2n) is 7.50. The number of β-lactam (4-membered cyclic amide) rings is 1. The number of hydrogen-bond acceptors (Lipinski definition) is 7. The van der Waals surface area contributed by atoms with Crippen LogP contribution >= 0.6 is 11.6 Å². The van der Waals surface area contributed by atoms with Crippen molar-refractivity contribution in [1.29, 1.82) is 0 Å². The lowest BCUT2D eigenvalue weighted by Gasteiger charge is -2.52. The predicted molar refractivity (Wildman–Crippen MR) is 93.4 cm³/mol. The van der Waals surface area contributed by atoms with Gasteiger partial charge in [-0.15, -0.1) is 0 Å². The van der Waals surface area contributed by atoms with Crippen LogP contribution < -0.4 is 0 Å². The molecule has 2 atom stereocenters. The van der Waals surface area contributed by atoms with Gasteiger partial charge in [-0.1, -0.05) is 32.4 Å². The van der Waals surface area contributed by atoms with E-state index in [0.29, 0.717) is 0 Å². The van der Waals surface area contributed by atoms with Gasteiger partial charge in [-0.05, 0) is 5.57 Å². The molecule has 2 aliphatic rings. The number of carbonyl (C=O) groups is 4. The number of halogens is 1. The van der Waals surface area contributed by atoms with Gasteiger partial charge < -0.3 is 9.84 Å². The van der Waals surface area contributed by atoms with Gasteiger partial charge >= 0.3 is 11.9 Å². The number of carboxylic acid groups (broad SMARTS) is 1. The molecule has 9 nitrogen and oxygen atoms in total. The van der Waals surface area contributed by atoms with Gasteiger partial charge in [0, 0.05) is 11.6 Å². The van der Waals surface area contributed by atoms with Gasteiger partial charge in [-0.25, -0.2) is 8.42 Å². The fourth-order valence-corrected chi connectivity index (χ4v) is 5.86. The minimum atomic E-state index is -3.99. The molecule has 0 unspecified atom stereocenters. The zero-order valence-electron chi connectivity index (χ0n) is 15.0. The van der Waals surface area contributed by atoms with Crippen LogP contribution in [0.5, 0.6) is 0 Å². The van der Waals surface area contributed by atoms with Crippen LogP contribution in [0, 0.1) is 5.41 Å². The first-order valence-electron chi connectivity index (χ1n) is 8.06. The average molecular weight is 422 g/mol. The third-order valence-electron chi connectivity index (χ3n) is 4.16. The monoisotopic (exact) mass is 421 g/mol. The molecular formula is C16H20ClNO8S. The Morgan fingerprint density at radius 1 is 1.33 bits per heavy atom. The Morgan fingerprint density at radius 2 is 1.93 bits per heavy atom. The number of rotatable bonds is 6. The summed E-state index contributed by atoms with van der Waals surface area (Å²) in [6, 6.07) is 0. The van der Waals surface area contributed by atoms with Gasteiger partial charge in [0.05, 0.1) is 18.6 Å². The third-order valence-corrected chi connectivity index (χ3v) is 6.86. The number of sulfone groups is 1. The molecule has 11 heteroatoms. The van der Waals surface area contributed by atoms with Crippen molar-refractivity contribution in [3.05, 3.63) is 11.8 Å². The Balaban J connectivity index is 2.17. The van der Waals surface area contributed by atoms with E-state index in [4.69, 9.17) is 21.4 Å². The Morgan fingerprint density at radius 3 is 2.44 bits per heavy atom. The van der Waals surface area contributed by atoms with Crippen molar-refractivity contribution in [3.63, 3.8) is 0 Å². The van der Waals surface area contributed by atoms with E-state index in [1.165, 1.54) is 6.20 Å². The van der Waals surface area contributed by atoms with Crippen LogP contribution in [0.1, 0.15) is 33.6 Å². The average Bonchev–Trinajstić information content (AvgIpc) is 2.54. The molecule has 1 saturated heterocycles. The molecule has 0 radical (unpaired) electrons. The lowest BCUT2D eigenvalue weighted by Crippen LogP contribution is -2.77. The van der Waals surface area contributed by atoms with Crippen molar-refractivity contribution in [3.8, 4) is 0 Å². The zero-order valence-corrected chi connectivity index (χ0v) is 16.6. The number of Topliss-reactive ketones (excluding diaryl/α,β-unsaturated/α-hetero) is 1. The summed E-state index contributed by atoms with van der Waals surface area (Å²) in [7, 11) is -3.99. The van der Waals surface area contributed by atoms with Crippen LogP contribution in [0.25, 0.3) is 0 Å². The highest BCUT2D eigenvalue weighted by Crippen LogP contribution is 2.47. The highest BCUT2D eigenvalue weighted by atomic mass is 35.5. The number of hydrogen-bond donors (Lipinski definition) is 1. The van der Waals surface area contributed by atoms with Crippen molar-refractivity contribution in [2.24, 2.45) is 5.41 Å². The lowest BCUT2D eigenvalue weighted by atomic mass is 9.78. The van der Waals surface area contributed by atoms with E-state index in [1.54, 1.807) is 20.8 Å². The summed E-state index contributed by atoms with van der Waals surface area (Å²) in [5.41, 5.74) is -0.881. The molecule has 2 heterocycles. The number of carboxylic acids is 1. The summed E-state index contributed by atoms with van der Waals surface area (Å²) < 4.78 is 30.1. The van der Waals surface area contributed by atoms with E-state index in [1.807, 2.05) is 0 Å². The van der Waals surface area contributed by atoms with E-state index >= 15 is 0 Å². The molecule has 0 aromatic rings. The number of alkyl halides is 1. The van der Waals surface area contributed by atoms with Gasteiger partial charge in [0.25, 0.3) is 5.91 Å². The SMILES string of the molecule is CC(C)(C)C(=O)[C@]1(Cl)C(=O)N2C=C(COC(=O)CCC(=O)O)CS(=O)(=O)[C@H]21. The molecule has 0 aromatic carbocycles. The van der Waals surface area contributed by atoms with Crippen molar-refractivity contribution in [2.75, 3.05) is 12.4 Å². The minimum Gasteiger partial charge on any atom is -0.481 e. The Labute approximate surface area is 161 Å². The molecule has 1 amide bonds. The second kappa shape index (κ2) is 6.90. The second-order valence-corrected chi connectivity index (χ2v) is 10.2. The van der Waals surface area contributed by atoms with Gasteiger partial charge in [-0.2, -0.15) is 0 Å². The number of esters is 1. The number of ketones is 1. The van der Waals surface area contributed by atoms with Crippen LogP contribution in [-0.2, 0) is 33.8 Å². The Bertz CT molecular complexity index is 841. The molecule has 2 rings (SSSR count). The van der Waals surface area contributed by atoms with Gasteiger partial charge in [0.15, 0.2) is 21.0 Å². The smallest absolute Gasteiger partial charge is 0.306 e. The van der Waals surface area contributed by atoms with Gasteiger partial charge in [-0.3, -0.25) is 24.1 Å². The lowest BCUT2D eigenvalue weighted by molar-refractivity contribution is -0.152. The molecule has 0 spiro atoms. The molecule has 150 valence electrons. The van der Waals surface area contributed by atoms with Crippen LogP contribution in [-0.4, -0.2) is 64.7 Å². The molecule has 1 fully saturated rings. The number of fused-ring (bicyclic) bond motifs is 1. The molecule has 2 aliphatic heterocycles. The van der Waals surface area contributed by atoms with Crippen LogP contribution in [0.3, 0.4) is 0 Å². The number of ether oxygens (including phenoxy) is 1. The first-order chi connectivity index (χ1) is 12.2. The minimum absolute atomic E-state index is 0.130. The summed E-state index contributed by atoms with van der Waals surface area (Å²) in [4.78, 5) is 45.6. The van der Waals surface area contributed by atoms with E-state index in [9.17, 15) is 27.6 Å².